The number of aromatic nitrogens is 1. The van der Waals surface area contributed by atoms with Crippen LogP contribution in [0.5, 0.6) is 0 Å². The Morgan fingerprint density at radius 3 is 2.50 bits per heavy atom. The van der Waals surface area contributed by atoms with Crippen molar-refractivity contribution >= 4 is 6.03 Å². The van der Waals surface area contributed by atoms with E-state index in [0.717, 1.165) is 11.6 Å². The second kappa shape index (κ2) is 7.86. The highest BCUT2D eigenvalue weighted by atomic mass is 19.1. The topological polar surface area (TPSA) is 45.2 Å². The molecule has 1 aromatic heterocycles. The fourth-order valence-electron chi connectivity index (χ4n) is 2.42. The molecule has 0 saturated carbocycles. The predicted octanol–water partition coefficient (Wildman–Crippen LogP) is 3.87. The van der Waals surface area contributed by atoms with Crippen LogP contribution in [-0.2, 0) is 0 Å². The first-order valence-electron chi connectivity index (χ1n) is 7.75. The molecule has 4 nitrogen and oxygen atoms in total. The van der Waals surface area contributed by atoms with Gasteiger partial charge in [0, 0.05) is 38.0 Å². The summed E-state index contributed by atoms with van der Waals surface area (Å²) in [7, 11) is 1.70. The highest BCUT2D eigenvalue weighted by Gasteiger charge is 2.19. The van der Waals surface area contributed by atoms with Crippen molar-refractivity contribution in [3.05, 3.63) is 65.5 Å². The number of pyridine rings is 1. The van der Waals surface area contributed by atoms with E-state index in [0.29, 0.717) is 5.56 Å². The third-order valence-electron chi connectivity index (χ3n) is 4.14. The molecule has 1 aromatic carbocycles. The molecular weight excluding hydrogens is 312 g/mol. The van der Waals surface area contributed by atoms with Gasteiger partial charge in [0.05, 0.1) is 6.04 Å². The Balaban J connectivity index is 1.94. The first kappa shape index (κ1) is 17.8. The van der Waals surface area contributed by atoms with E-state index in [1.165, 1.54) is 12.1 Å². The number of hydrogen-bond donors (Lipinski definition) is 1. The van der Waals surface area contributed by atoms with Crippen LogP contribution in [0.1, 0.15) is 36.9 Å². The largest absolute Gasteiger partial charge is 0.337 e. The Labute approximate surface area is 140 Å². The molecule has 0 radical (unpaired) electrons. The lowest BCUT2D eigenvalue weighted by molar-refractivity contribution is 0.194. The zero-order valence-corrected chi connectivity index (χ0v) is 14.0. The molecule has 0 aliphatic heterocycles. The molecule has 1 N–H and O–H groups in total. The van der Waals surface area contributed by atoms with Crippen molar-refractivity contribution in [2.45, 2.75) is 25.8 Å². The lowest BCUT2D eigenvalue weighted by atomic mass is 10.0. The van der Waals surface area contributed by atoms with Gasteiger partial charge in [-0.2, -0.15) is 0 Å². The molecule has 0 saturated heterocycles. The molecule has 0 aliphatic rings. The van der Waals surface area contributed by atoms with Crippen molar-refractivity contribution in [3.8, 4) is 0 Å². The lowest BCUT2D eigenvalue weighted by Crippen LogP contribution is -2.40. The maximum Gasteiger partial charge on any atom is 0.317 e. The monoisotopic (exact) mass is 333 g/mol. The fourth-order valence-corrected chi connectivity index (χ4v) is 2.42. The Morgan fingerprint density at radius 2 is 1.88 bits per heavy atom. The van der Waals surface area contributed by atoms with E-state index in [2.05, 4.69) is 10.3 Å². The summed E-state index contributed by atoms with van der Waals surface area (Å²) in [5, 5.41) is 2.78. The maximum absolute atomic E-state index is 13.8. The van der Waals surface area contributed by atoms with E-state index in [-0.39, 0.29) is 24.5 Å². The number of nitrogens with zero attached hydrogens (tertiary/aromatic N) is 2. The van der Waals surface area contributed by atoms with E-state index in [9.17, 15) is 13.6 Å². The van der Waals surface area contributed by atoms with Crippen LogP contribution in [0.15, 0.2) is 42.7 Å². The average molecular weight is 333 g/mol. The van der Waals surface area contributed by atoms with E-state index in [4.69, 9.17) is 0 Å². The summed E-state index contributed by atoms with van der Waals surface area (Å²) < 4.78 is 26.7. The highest BCUT2D eigenvalue weighted by Crippen LogP contribution is 2.20. The minimum absolute atomic E-state index is 0.120. The molecule has 0 fully saturated rings. The van der Waals surface area contributed by atoms with Crippen LogP contribution in [0, 0.1) is 11.6 Å². The Bertz CT molecular complexity index is 694. The van der Waals surface area contributed by atoms with Crippen LogP contribution in [0.25, 0.3) is 0 Å². The number of urea groups is 1. The quantitative estimate of drug-likeness (QED) is 0.903. The van der Waals surface area contributed by atoms with Gasteiger partial charge < -0.3 is 10.2 Å². The number of hydrogen-bond acceptors (Lipinski definition) is 2. The SMILES string of the molecule is C[C@H](CNC(=O)N(C)[C@@H](C)c1ccncc1)c1ccc(F)cc1F. The molecule has 0 aliphatic carbocycles. The molecule has 6 heteroatoms. The zero-order valence-electron chi connectivity index (χ0n) is 14.0. The maximum atomic E-state index is 13.8. The zero-order chi connectivity index (χ0) is 17.7. The van der Waals surface area contributed by atoms with Crippen molar-refractivity contribution in [1.82, 2.24) is 15.2 Å². The van der Waals surface area contributed by atoms with Crippen molar-refractivity contribution in [2.75, 3.05) is 13.6 Å². The molecule has 2 rings (SSSR count). The van der Waals surface area contributed by atoms with Gasteiger partial charge in [-0.05, 0) is 36.2 Å². The summed E-state index contributed by atoms with van der Waals surface area (Å²) in [6.45, 7) is 3.95. The van der Waals surface area contributed by atoms with Gasteiger partial charge in [-0.15, -0.1) is 0 Å². The third-order valence-corrected chi connectivity index (χ3v) is 4.14. The van der Waals surface area contributed by atoms with Crippen LogP contribution in [0.4, 0.5) is 13.6 Å². The second-order valence-electron chi connectivity index (χ2n) is 5.82. The Kier molecular flexibility index (Phi) is 5.84. The smallest absolute Gasteiger partial charge is 0.317 e. The normalized spacial score (nSPS) is 13.2. The molecular formula is C18H21F2N3O. The number of carbonyl (C=O) groups is 1. The van der Waals surface area contributed by atoms with E-state index >= 15 is 0 Å². The summed E-state index contributed by atoms with van der Waals surface area (Å²) in [6.07, 6.45) is 3.36. The van der Waals surface area contributed by atoms with Crippen LogP contribution < -0.4 is 5.32 Å². The van der Waals surface area contributed by atoms with E-state index < -0.39 is 11.6 Å². The summed E-state index contributed by atoms with van der Waals surface area (Å²) in [5.74, 6) is -1.48. The molecule has 2 amide bonds. The standard InChI is InChI=1S/C18H21F2N3O/c1-12(16-5-4-15(19)10-17(16)20)11-22-18(24)23(3)13(2)14-6-8-21-9-7-14/h4-10,12-13H,11H2,1-3H3,(H,22,24)/t12-,13+/m1/s1. The average Bonchev–Trinajstić information content (AvgIpc) is 2.58. The Morgan fingerprint density at radius 1 is 1.21 bits per heavy atom. The van der Waals surface area contributed by atoms with Crippen molar-refractivity contribution in [3.63, 3.8) is 0 Å². The summed E-state index contributed by atoms with van der Waals surface area (Å²) in [4.78, 5) is 17.8. The number of nitrogens with one attached hydrogen (secondary N) is 1. The van der Waals surface area contributed by atoms with E-state index in [1.807, 2.05) is 19.1 Å². The van der Waals surface area contributed by atoms with Crippen molar-refractivity contribution in [2.24, 2.45) is 0 Å². The first-order chi connectivity index (χ1) is 11.4. The first-order valence-corrected chi connectivity index (χ1v) is 7.75. The highest BCUT2D eigenvalue weighted by molar-refractivity contribution is 5.74. The minimum Gasteiger partial charge on any atom is -0.337 e. The molecule has 0 bridgehead atoms. The molecule has 1 heterocycles. The second-order valence-corrected chi connectivity index (χ2v) is 5.82. The summed E-state index contributed by atoms with van der Waals surface area (Å²) in [6, 6.07) is 6.81. The van der Waals surface area contributed by atoms with Gasteiger partial charge in [0.1, 0.15) is 11.6 Å². The number of halogens is 2. The van der Waals surface area contributed by atoms with Crippen LogP contribution in [0.2, 0.25) is 0 Å². The fraction of sp³-hybridized carbons (Fsp3) is 0.333. The predicted molar refractivity (Wildman–Crippen MR) is 88.6 cm³/mol. The van der Waals surface area contributed by atoms with Crippen molar-refractivity contribution < 1.29 is 13.6 Å². The number of carbonyl (C=O) groups excluding carboxylic acids is 1. The number of amides is 2. The van der Waals surface area contributed by atoms with Crippen LogP contribution >= 0.6 is 0 Å². The molecule has 2 atom stereocenters. The van der Waals surface area contributed by atoms with Crippen LogP contribution in [-0.4, -0.2) is 29.5 Å². The molecule has 0 spiro atoms. The molecule has 2 aromatic rings. The minimum atomic E-state index is -0.613. The molecule has 128 valence electrons. The van der Waals surface area contributed by atoms with Crippen LogP contribution in [0.3, 0.4) is 0 Å². The Hall–Kier alpha value is -2.50. The summed E-state index contributed by atoms with van der Waals surface area (Å²) in [5.41, 5.74) is 1.35. The van der Waals surface area contributed by atoms with Gasteiger partial charge >= 0.3 is 6.03 Å². The van der Waals surface area contributed by atoms with Gasteiger partial charge in [-0.1, -0.05) is 13.0 Å². The van der Waals surface area contributed by atoms with Gasteiger partial charge in [0.2, 0.25) is 0 Å². The third kappa shape index (κ3) is 4.28. The van der Waals surface area contributed by atoms with E-state index in [1.54, 1.807) is 31.3 Å². The summed E-state index contributed by atoms with van der Waals surface area (Å²) >= 11 is 0. The lowest BCUT2D eigenvalue weighted by Gasteiger charge is -2.26. The van der Waals surface area contributed by atoms with Gasteiger partial charge in [0.25, 0.3) is 0 Å². The van der Waals surface area contributed by atoms with Crippen molar-refractivity contribution in [1.29, 1.82) is 0 Å². The van der Waals surface area contributed by atoms with Gasteiger partial charge in [0.15, 0.2) is 0 Å². The molecule has 24 heavy (non-hydrogen) atoms. The van der Waals surface area contributed by atoms with Gasteiger partial charge in [-0.25, -0.2) is 13.6 Å². The molecule has 0 unspecified atom stereocenters. The van der Waals surface area contributed by atoms with Gasteiger partial charge in [-0.3, -0.25) is 4.98 Å². The number of benzene rings is 1. The number of rotatable bonds is 5.